The van der Waals surface area contributed by atoms with Crippen molar-refractivity contribution in [2.75, 3.05) is 7.05 Å². The number of alkyl halides is 1. The van der Waals surface area contributed by atoms with E-state index in [1.54, 1.807) is 0 Å². The molecule has 0 saturated carbocycles. The number of hydrogen-bond donors (Lipinski definition) is 1. The van der Waals surface area contributed by atoms with Crippen LogP contribution in [-0.4, -0.2) is 11.0 Å². The first kappa shape index (κ1) is 7.69. The summed E-state index contributed by atoms with van der Waals surface area (Å²) in [6.07, 6.45) is 1.33. The molecule has 0 fully saturated rings. The first-order valence-corrected chi connectivity index (χ1v) is 4.92. The van der Waals surface area contributed by atoms with E-state index in [0.717, 1.165) is 3.92 Å². The first-order valence-electron chi connectivity index (χ1n) is 2.60. The van der Waals surface area contributed by atoms with E-state index in [1.165, 1.54) is 6.42 Å². The Morgan fingerprint density at radius 2 is 2.29 bits per heavy atom. The van der Waals surface area contributed by atoms with Gasteiger partial charge < -0.3 is 0 Å². The van der Waals surface area contributed by atoms with Gasteiger partial charge in [-0.1, -0.05) is 0 Å². The second-order valence-electron chi connectivity index (χ2n) is 1.49. The zero-order valence-electron chi connectivity index (χ0n) is 5.16. The molecule has 7 heavy (non-hydrogen) atoms. The molecule has 0 saturated heterocycles. The van der Waals surface area contributed by atoms with Crippen LogP contribution in [0.5, 0.6) is 0 Å². The Morgan fingerprint density at radius 1 is 1.71 bits per heavy atom. The molecular weight excluding hydrogens is 201 g/mol. The molecular formula is C5H13IN-. The molecule has 0 aliphatic rings. The fraction of sp³-hybridized carbons (Fsp3) is 1.00. The van der Waals surface area contributed by atoms with E-state index in [9.17, 15) is 0 Å². The van der Waals surface area contributed by atoms with Crippen LogP contribution in [0.2, 0.25) is 0 Å². The SMILES string of the molecule is CCC(C)[I-]NC. The molecule has 0 spiro atoms. The van der Waals surface area contributed by atoms with Gasteiger partial charge in [-0.2, -0.15) is 0 Å². The molecule has 0 radical (unpaired) electrons. The summed E-state index contributed by atoms with van der Waals surface area (Å²) >= 11 is 0.315. The first-order chi connectivity index (χ1) is 3.31. The predicted octanol–water partition coefficient (Wildman–Crippen LogP) is -1.99. The molecule has 0 aliphatic carbocycles. The van der Waals surface area contributed by atoms with Crippen molar-refractivity contribution < 1.29 is 21.5 Å². The Morgan fingerprint density at radius 3 is 2.43 bits per heavy atom. The molecule has 2 heteroatoms. The molecule has 1 unspecified atom stereocenters. The van der Waals surface area contributed by atoms with Gasteiger partial charge in [0.25, 0.3) is 0 Å². The summed E-state index contributed by atoms with van der Waals surface area (Å²) in [4.78, 5) is 0. The Bertz CT molecular complexity index is 39.1. The van der Waals surface area contributed by atoms with Crippen LogP contribution in [0, 0.1) is 0 Å². The number of hydrogen-bond acceptors (Lipinski definition) is 1. The molecule has 0 aliphatic heterocycles. The maximum atomic E-state index is 3.23. The van der Waals surface area contributed by atoms with E-state index in [2.05, 4.69) is 17.4 Å². The van der Waals surface area contributed by atoms with E-state index in [1.807, 2.05) is 7.05 Å². The van der Waals surface area contributed by atoms with Gasteiger partial charge in [-0.3, -0.25) is 0 Å². The van der Waals surface area contributed by atoms with Crippen LogP contribution in [0.25, 0.3) is 0 Å². The molecule has 0 bridgehead atoms. The summed E-state index contributed by atoms with van der Waals surface area (Å²) in [5.74, 6) is 0. The van der Waals surface area contributed by atoms with Gasteiger partial charge in [0.05, 0.1) is 0 Å². The minimum atomic E-state index is 0.315. The number of rotatable bonds is 3. The van der Waals surface area contributed by atoms with Crippen LogP contribution in [-0.2, 0) is 0 Å². The van der Waals surface area contributed by atoms with Crippen LogP contribution in [0.1, 0.15) is 20.3 Å². The van der Waals surface area contributed by atoms with Gasteiger partial charge in [-0.25, -0.2) is 0 Å². The van der Waals surface area contributed by atoms with Crippen molar-refractivity contribution in [3.05, 3.63) is 0 Å². The van der Waals surface area contributed by atoms with Gasteiger partial charge >= 0.3 is 56.2 Å². The van der Waals surface area contributed by atoms with E-state index in [-0.39, 0.29) is 0 Å². The molecule has 1 atom stereocenters. The van der Waals surface area contributed by atoms with Gasteiger partial charge in [-0.15, -0.1) is 0 Å². The number of halogens is 1. The van der Waals surface area contributed by atoms with Crippen molar-refractivity contribution >= 4 is 0 Å². The zero-order valence-corrected chi connectivity index (χ0v) is 7.32. The molecule has 0 aromatic heterocycles. The Balaban J connectivity index is 2.83. The summed E-state index contributed by atoms with van der Waals surface area (Å²) in [5.41, 5.74) is 0. The van der Waals surface area contributed by atoms with Crippen molar-refractivity contribution in [3.63, 3.8) is 0 Å². The molecule has 0 amide bonds. The molecule has 0 heterocycles. The van der Waals surface area contributed by atoms with Gasteiger partial charge in [-0.05, 0) is 0 Å². The number of nitrogens with one attached hydrogen (secondary N) is 1. The average molecular weight is 214 g/mol. The Kier molecular flexibility index (Phi) is 5.32. The van der Waals surface area contributed by atoms with E-state index >= 15 is 0 Å². The van der Waals surface area contributed by atoms with Gasteiger partial charge in [0.2, 0.25) is 0 Å². The van der Waals surface area contributed by atoms with Crippen LogP contribution in [0.15, 0.2) is 0 Å². The zero-order chi connectivity index (χ0) is 5.70. The van der Waals surface area contributed by atoms with Gasteiger partial charge in [0, 0.05) is 0 Å². The molecule has 46 valence electrons. The van der Waals surface area contributed by atoms with Crippen molar-refractivity contribution in [2.45, 2.75) is 24.2 Å². The van der Waals surface area contributed by atoms with Gasteiger partial charge in [0.1, 0.15) is 0 Å². The third-order valence-corrected chi connectivity index (χ3v) is 3.42. The fourth-order valence-corrected chi connectivity index (χ4v) is 1.77. The van der Waals surface area contributed by atoms with Crippen molar-refractivity contribution in [1.82, 2.24) is 3.53 Å². The fourth-order valence-electron chi connectivity index (χ4n) is 0.263. The summed E-state index contributed by atoms with van der Waals surface area (Å²) in [7, 11) is 2.04. The van der Waals surface area contributed by atoms with Crippen LogP contribution < -0.4 is 25.0 Å². The summed E-state index contributed by atoms with van der Waals surface area (Å²) in [6.45, 7) is 4.53. The third-order valence-electron chi connectivity index (χ3n) is 0.858. The van der Waals surface area contributed by atoms with Crippen LogP contribution in [0.3, 0.4) is 0 Å². The monoisotopic (exact) mass is 214 g/mol. The van der Waals surface area contributed by atoms with E-state index in [0.29, 0.717) is 21.5 Å². The molecule has 1 N–H and O–H groups in total. The van der Waals surface area contributed by atoms with Gasteiger partial charge in [0.15, 0.2) is 0 Å². The Hall–Kier alpha value is 0.690. The minimum absolute atomic E-state index is 0.315. The second kappa shape index (κ2) is 4.84. The summed E-state index contributed by atoms with van der Waals surface area (Å²) < 4.78 is 4.18. The van der Waals surface area contributed by atoms with Crippen LogP contribution in [0.4, 0.5) is 0 Å². The van der Waals surface area contributed by atoms with Crippen molar-refractivity contribution in [1.29, 1.82) is 0 Å². The molecule has 0 rings (SSSR count). The van der Waals surface area contributed by atoms with Crippen molar-refractivity contribution in [2.24, 2.45) is 0 Å². The molecule has 0 aromatic rings. The summed E-state index contributed by atoms with van der Waals surface area (Å²) in [6, 6.07) is 0. The standard InChI is InChI=1S/C5H13IN/c1-4-5(2)6-7-3/h5,7H,4H2,1-3H3/q-1. The van der Waals surface area contributed by atoms with E-state index in [4.69, 9.17) is 0 Å². The topological polar surface area (TPSA) is 12.0 Å². The summed E-state index contributed by atoms with van der Waals surface area (Å²) in [5, 5.41) is 0. The molecule has 1 nitrogen and oxygen atoms in total. The quantitative estimate of drug-likeness (QED) is 0.326. The molecule has 0 aromatic carbocycles. The maximum absolute atomic E-state index is 3.23. The average Bonchev–Trinajstić information content (AvgIpc) is 1.68. The Labute approximate surface area is 56.5 Å². The van der Waals surface area contributed by atoms with Crippen LogP contribution >= 0.6 is 0 Å². The third kappa shape index (κ3) is 4.55. The second-order valence-corrected chi connectivity index (χ2v) is 5.32. The normalized spacial score (nSPS) is 14.7. The van der Waals surface area contributed by atoms with E-state index < -0.39 is 0 Å². The van der Waals surface area contributed by atoms with Crippen molar-refractivity contribution in [3.8, 4) is 0 Å². The predicted molar refractivity (Wildman–Crippen MR) is 28.8 cm³/mol.